The molecule has 0 aliphatic heterocycles. The van der Waals surface area contributed by atoms with Crippen LogP contribution in [0.3, 0.4) is 0 Å². The number of aromatic nitrogens is 1. The van der Waals surface area contributed by atoms with E-state index in [0.717, 1.165) is 22.2 Å². The summed E-state index contributed by atoms with van der Waals surface area (Å²) in [5.41, 5.74) is 1.49. The lowest BCUT2D eigenvalue weighted by Gasteiger charge is -1.93. The summed E-state index contributed by atoms with van der Waals surface area (Å²) in [4.78, 5) is 17.1. The third-order valence-electron chi connectivity index (χ3n) is 2.37. The van der Waals surface area contributed by atoms with E-state index >= 15 is 0 Å². The number of carbonyl (C=O) groups excluding carboxylic acids is 1. The Morgan fingerprint density at radius 1 is 1.28 bits per heavy atom. The van der Waals surface area contributed by atoms with Crippen molar-refractivity contribution in [3.63, 3.8) is 0 Å². The molecule has 0 amide bonds. The van der Waals surface area contributed by atoms with Crippen LogP contribution in [0.4, 0.5) is 0 Å². The summed E-state index contributed by atoms with van der Waals surface area (Å²) in [6.45, 7) is 0. The maximum atomic E-state index is 11.8. The molecule has 0 spiro atoms. The monoisotopic (exact) mass is 275 g/mol. The molecule has 2 heterocycles. The van der Waals surface area contributed by atoms with Crippen LogP contribution in [0.25, 0.3) is 11.1 Å². The van der Waals surface area contributed by atoms with E-state index in [2.05, 4.69) is 4.98 Å². The number of para-hydroxylation sites is 2. The van der Waals surface area contributed by atoms with Gasteiger partial charge >= 0.3 is 0 Å². The highest BCUT2D eigenvalue weighted by atomic mass is 32.2. The molecule has 0 unspecified atom stereocenters. The number of rotatable bonds is 3. The van der Waals surface area contributed by atoms with E-state index in [1.165, 1.54) is 0 Å². The Balaban J connectivity index is 1.74. The van der Waals surface area contributed by atoms with Gasteiger partial charge in [0, 0.05) is 16.6 Å². The zero-order valence-electron chi connectivity index (χ0n) is 9.33. The molecule has 3 aromatic rings. The summed E-state index contributed by atoms with van der Waals surface area (Å²) in [6.07, 6.45) is 0.418. The number of benzene rings is 1. The molecule has 0 bridgehead atoms. The summed E-state index contributed by atoms with van der Waals surface area (Å²) in [6, 6.07) is 11.4. The Hall–Kier alpha value is -1.59. The topological polar surface area (TPSA) is 43.1 Å². The molecule has 2 aromatic heterocycles. The average Bonchev–Trinajstić information content (AvgIpc) is 2.96. The first-order chi connectivity index (χ1) is 8.81. The van der Waals surface area contributed by atoms with E-state index in [-0.39, 0.29) is 5.12 Å². The number of thioether (sulfide) groups is 1. The Labute approximate surface area is 112 Å². The first-order valence-corrected chi connectivity index (χ1v) is 7.09. The van der Waals surface area contributed by atoms with Crippen molar-refractivity contribution in [2.45, 2.75) is 11.6 Å². The van der Waals surface area contributed by atoms with E-state index in [1.54, 1.807) is 11.3 Å². The SMILES string of the molecule is O=C(Cc1cccs1)Sc1nc2ccccc2o1. The van der Waals surface area contributed by atoms with Crippen molar-refractivity contribution in [1.82, 2.24) is 4.98 Å². The summed E-state index contributed by atoms with van der Waals surface area (Å²) in [7, 11) is 0. The number of hydrogen-bond donors (Lipinski definition) is 0. The first-order valence-electron chi connectivity index (χ1n) is 5.40. The predicted molar refractivity (Wildman–Crippen MR) is 72.9 cm³/mol. The van der Waals surface area contributed by atoms with Gasteiger partial charge < -0.3 is 4.42 Å². The molecule has 1 aromatic carbocycles. The molecule has 0 N–H and O–H groups in total. The van der Waals surface area contributed by atoms with Gasteiger partial charge in [-0.15, -0.1) is 11.3 Å². The Kier molecular flexibility index (Phi) is 3.17. The van der Waals surface area contributed by atoms with Gasteiger partial charge in [0.1, 0.15) is 5.52 Å². The third kappa shape index (κ3) is 2.47. The van der Waals surface area contributed by atoms with Crippen LogP contribution in [0.2, 0.25) is 0 Å². The molecule has 3 rings (SSSR count). The van der Waals surface area contributed by atoms with Gasteiger partial charge in [0.2, 0.25) is 5.12 Å². The highest BCUT2D eigenvalue weighted by molar-refractivity contribution is 8.13. The van der Waals surface area contributed by atoms with E-state index in [4.69, 9.17) is 4.42 Å². The Bertz CT molecular complexity index is 640. The van der Waals surface area contributed by atoms with Crippen LogP contribution in [0.5, 0.6) is 0 Å². The lowest BCUT2D eigenvalue weighted by molar-refractivity contribution is -0.110. The van der Waals surface area contributed by atoms with Crippen LogP contribution in [0, 0.1) is 0 Å². The summed E-state index contributed by atoms with van der Waals surface area (Å²) >= 11 is 2.64. The van der Waals surface area contributed by atoms with E-state index in [9.17, 15) is 4.79 Å². The molecule has 90 valence electrons. The highest BCUT2D eigenvalue weighted by Crippen LogP contribution is 2.25. The zero-order chi connectivity index (χ0) is 12.4. The maximum absolute atomic E-state index is 11.8. The van der Waals surface area contributed by atoms with Gasteiger partial charge in [-0.25, -0.2) is 4.98 Å². The van der Waals surface area contributed by atoms with Crippen LogP contribution in [0.1, 0.15) is 4.88 Å². The molecule has 18 heavy (non-hydrogen) atoms. The Morgan fingerprint density at radius 2 is 2.17 bits per heavy atom. The molecule has 0 atom stereocenters. The average molecular weight is 275 g/mol. The van der Waals surface area contributed by atoms with Crippen molar-refractivity contribution in [3.8, 4) is 0 Å². The summed E-state index contributed by atoms with van der Waals surface area (Å²) < 4.78 is 5.49. The van der Waals surface area contributed by atoms with Gasteiger partial charge in [-0.3, -0.25) is 4.79 Å². The van der Waals surface area contributed by atoms with Gasteiger partial charge in [0.25, 0.3) is 5.22 Å². The van der Waals surface area contributed by atoms with Crippen molar-refractivity contribution < 1.29 is 9.21 Å². The fourth-order valence-corrected chi connectivity index (χ4v) is 3.08. The quantitative estimate of drug-likeness (QED) is 0.683. The highest BCUT2D eigenvalue weighted by Gasteiger charge is 2.12. The maximum Gasteiger partial charge on any atom is 0.264 e. The molecular formula is C13H9NO2S2. The predicted octanol–water partition coefficient (Wildman–Crippen LogP) is 3.75. The summed E-state index contributed by atoms with van der Waals surface area (Å²) in [5, 5.41) is 2.42. The minimum atomic E-state index is 0.0454. The number of nitrogens with zero attached hydrogens (tertiary/aromatic N) is 1. The fraction of sp³-hybridized carbons (Fsp3) is 0.0769. The molecule has 3 nitrogen and oxygen atoms in total. The van der Waals surface area contributed by atoms with Gasteiger partial charge in [0.15, 0.2) is 5.58 Å². The van der Waals surface area contributed by atoms with Gasteiger partial charge in [-0.05, 0) is 23.6 Å². The minimum Gasteiger partial charge on any atom is -0.431 e. The second-order valence-electron chi connectivity index (χ2n) is 3.68. The second-order valence-corrected chi connectivity index (χ2v) is 5.72. The van der Waals surface area contributed by atoms with Crippen molar-refractivity contribution in [2.75, 3.05) is 0 Å². The third-order valence-corrected chi connectivity index (χ3v) is 3.97. The molecule has 0 saturated carbocycles. The molecule has 0 fully saturated rings. The standard InChI is InChI=1S/C13H9NO2S2/c15-12(8-9-4-3-7-17-9)18-13-14-10-5-1-2-6-11(10)16-13/h1-7H,8H2. The molecule has 0 aliphatic carbocycles. The van der Waals surface area contributed by atoms with E-state index in [0.29, 0.717) is 17.2 Å². The molecular weight excluding hydrogens is 266 g/mol. The van der Waals surface area contributed by atoms with Gasteiger partial charge in [-0.1, -0.05) is 18.2 Å². The van der Waals surface area contributed by atoms with Gasteiger partial charge in [-0.2, -0.15) is 0 Å². The van der Waals surface area contributed by atoms with Crippen LogP contribution in [-0.4, -0.2) is 10.1 Å². The van der Waals surface area contributed by atoms with Crippen LogP contribution >= 0.6 is 23.1 Å². The van der Waals surface area contributed by atoms with Crippen molar-refractivity contribution >= 4 is 39.3 Å². The van der Waals surface area contributed by atoms with E-state index in [1.807, 2.05) is 41.8 Å². The fourth-order valence-electron chi connectivity index (χ4n) is 1.58. The second kappa shape index (κ2) is 4.96. The minimum absolute atomic E-state index is 0.0454. The van der Waals surface area contributed by atoms with E-state index < -0.39 is 0 Å². The lowest BCUT2D eigenvalue weighted by Crippen LogP contribution is -1.94. The van der Waals surface area contributed by atoms with Crippen molar-refractivity contribution in [1.29, 1.82) is 0 Å². The number of thiophene rings is 1. The zero-order valence-corrected chi connectivity index (χ0v) is 11.0. The lowest BCUT2D eigenvalue weighted by atomic mass is 10.3. The van der Waals surface area contributed by atoms with Crippen molar-refractivity contribution in [2.24, 2.45) is 0 Å². The number of oxazole rings is 1. The molecule has 0 aliphatic rings. The molecule has 0 radical (unpaired) electrons. The normalized spacial score (nSPS) is 10.9. The molecule has 0 saturated heterocycles. The van der Waals surface area contributed by atoms with Crippen LogP contribution < -0.4 is 0 Å². The van der Waals surface area contributed by atoms with Crippen molar-refractivity contribution in [3.05, 3.63) is 46.7 Å². The van der Waals surface area contributed by atoms with Crippen LogP contribution in [-0.2, 0) is 11.2 Å². The Morgan fingerprint density at radius 3 is 2.94 bits per heavy atom. The largest absolute Gasteiger partial charge is 0.431 e. The van der Waals surface area contributed by atoms with Gasteiger partial charge in [0.05, 0.1) is 6.42 Å². The number of hydrogen-bond acceptors (Lipinski definition) is 5. The summed E-state index contributed by atoms with van der Waals surface area (Å²) in [5.74, 6) is 0. The number of carbonyl (C=O) groups is 1. The molecule has 5 heteroatoms. The smallest absolute Gasteiger partial charge is 0.264 e. The van der Waals surface area contributed by atoms with Crippen LogP contribution in [0.15, 0.2) is 51.4 Å². The first kappa shape index (κ1) is 11.5. The number of fused-ring (bicyclic) bond motifs is 1.